The molecule has 2 N–H and O–H groups in total. The Morgan fingerprint density at radius 3 is 2.48 bits per heavy atom. The molecular weight excluding hydrogens is 282 g/mol. The Balaban J connectivity index is 2.44. The number of anilines is 1. The van der Waals surface area contributed by atoms with Crippen molar-refractivity contribution in [2.75, 3.05) is 5.73 Å². The van der Waals surface area contributed by atoms with E-state index in [0.717, 1.165) is 17.0 Å². The fourth-order valence-corrected chi connectivity index (χ4v) is 1.68. The standard InChI is InChI=1S/C11H9N5O5/c12-10-2-1-8(15(18)19)3-7(10)5-14-6-9(16(20)21)4-13-11(14)17/h1-4,6H,5,12H2. The van der Waals surface area contributed by atoms with E-state index in [1.807, 2.05) is 0 Å². The summed E-state index contributed by atoms with van der Waals surface area (Å²) in [6, 6.07) is 3.77. The average Bonchev–Trinajstić information content (AvgIpc) is 2.43. The summed E-state index contributed by atoms with van der Waals surface area (Å²) >= 11 is 0. The van der Waals surface area contributed by atoms with Gasteiger partial charge in [0, 0.05) is 23.4 Å². The maximum atomic E-state index is 11.6. The van der Waals surface area contributed by atoms with Crippen molar-refractivity contribution in [3.63, 3.8) is 0 Å². The third kappa shape index (κ3) is 3.00. The summed E-state index contributed by atoms with van der Waals surface area (Å²) in [5, 5.41) is 21.4. The number of nitrogens with zero attached hydrogens (tertiary/aromatic N) is 4. The van der Waals surface area contributed by atoms with Crippen LogP contribution in [-0.2, 0) is 6.54 Å². The van der Waals surface area contributed by atoms with Crippen molar-refractivity contribution in [2.24, 2.45) is 0 Å². The van der Waals surface area contributed by atoms with Gasteiger partial charge in [-0.05, 0) is 6.07 Å². The van der Waals surface area contributed by atoms with Crippen LogP contribution in [0.4, 0.5) is 17.1 Å². The zero-order chi connectivity index (χ0) is 15.6. The number of hydrogen-bond donors (Lipinski definition) is 1. The highest BCUT2D eigenvalue weighted by atomic mass is 16.6. The normalized spacial score (nSPS) is 10.3. The third-order valence-electron chi connectivity index (χ3n) is 2.73. The van der Waals surface area contributed by atoms with Crippen molar-refractivity contribution in [1.29, 1.82) is 0 Å². The number of non-ortho nitro benzene ring substituents is 1. The van der Waals surface area contributed by atoms with Crippen molar-refractivity contribution in [3.8, 4) is 0 Å². The number of aromatic nitrogens is 2. The minimum atomic E-state index is -0.716. The Morgan fingerprint density at radius 2 is 1.86 bits per heavy atom. The summed E-state index contributed by atoms with van der Waals surface area (Å²) in [5.41, 5.74) is 4.96. The zero-order valence-electron chi connectivity index (χ0n) is 10.5. The molecule has 21 heavy (non-hydrogen) atoms. The van der Waals surface area contributed by atoms with Gasteiger partial charge in [-0.15, -0.1) is 0 Å². The lowest BCUT2D eigenvalue weighted by Crippen LogP contribution is -2.23. The van der Waals surface area contributed by atoms with Crippen LogP contribution in [0.3, 0.4) is 0 Å². The molecule has 0 radical (unpaired) electrons. The lowest BCUT2D eigenvalue weighted by atomic mass is 10.1. The molecule has 0 amide bonds. The van der Waals surface area contributed by atoms with Gasteiger partial charge in [0.05, 0.1) is 22.6 Å². The molecule has 1 aromatic carbocycles. The molecule has 0 aliphatic rings. The molecule has 108 valence electrons. The van der Waals surface area contributed by atoms with Gasteiger partial charge in [0.15, 0.2) is 0 Å². The van der Waals surface area contributed by atoms with Crippen LogP contribution in [0.5, 0.6) is 0 Å². The maximum absolute atomic E-state index is 11.6. The van der Waals surface area contributed by atoms with Gasteiger partial charge in [-0.3, -0.25) is 24.8 Å². The largest absolute Gasteiger partial charge is 0.398 e. The third-order valence-corrected chi connectivity index (χ3v) is 2.73. The number of rotatable bonds is 4. The number of nitro groups is 2. The average molecular weight is 291 g/mol. The van der Waals surface area contributed by atoms with E-state index in [9.17, 15) is 25.0 Å². The van der Waals surface area contributed by atoms with Gasteiger partial charge in [-0.2, -0.15) is 4.98 Å². The Kier molecular flexibility index (Phi) is 3.61. The molecule has 10 heteroatoms. The van der Waals surface area contributed by atoms with Crippen molar-refractivity contribution >= 4 is 17.1 Å². The minimum Gasteiger partial charge on any atom is -0.398 e. The first-order valence-corrected chi connectivity index (χ1v) is 5.62. The van der Waals surface area contributed by atoms with E-state index in [1.165, 1.54) is 18.2 Å². The smallest absolute Gasteiger partial charge is 0.348 e. The number of nitrogens with two attached hydrogens (primary N) is 1. The Labute approximate surface area is 116 Å². The highest BCUT2D eigenvalue weighted by Crippen LogP contribution is 2.20. The summed E-state index contributed by atoms with van der Waals surface area (Å²) in [7, 11) is 0. The number of nitrogen functional groups attached to an aromatic ring is 1. The first kappa shape index (κ1) is 14.1. The second kappa shape index (κ2) is 5.36. The molecule has 0 fully saturated rings. The van der Waals surface area contributed by atoms with Crippen molar-refractivity contribution in [2.45, 2.75) is 6.54 Å². The van der Waals surface area contributed by atoms with Crippen molar-refractivity contribution in [3.05, 3.63) is 66.9 Å². The van der Waals surface area contributed by atoms with Gasteiger partial charge in [-0.1, -0.05) is 0 Å². The predicted molar refractivity (Wildman–Crippen MR) is 71.8 cm³/mol. The molecule has 1 heterocycles. The SMILES string of the molecule is Nc1ccc([N+](=O)[O-])cc1Cn1cc([N+](=O)[O-])cnc1=O. The first-order valence-electron chi connectivity index (χ1n) is 5.62. The van der Waals surface area contributed by atoms with Gasteiger partial charge >= 0.3 is 11.4 Å². The van der Waals surface area contributed by atoms with Crippen LogP contribution in [0, 0.1) is 20.2 Å². The van der Waals surface area contributed by atoms with Gasteiger partial charge in [-0.25, -0.2) is 4.79 Å². The number of nitro benzene ring substituents is 1. The van der Waals surface area contributed by atoms with Crippen LogP contribution in [-0.4, -0.2) is 19.4 Å². The molecule has 0 aliphatic heterocycles. The molecular formula is C11H9N5O5. The van der Waals surface area contributed by atoms with Crippen LogP contribution >= 0.6 is 0 Å². The van der Waals surface area contributed by atoms with E-state index in [1.54, 1.807) is 0 Å². The molecule has 0 saturated heterocycles. The molecule has 0 atom stereocenters. The minimum absolute atomic E-state index is 0.152. The van der Waals surface area contributed by atoms with E-state index in [4.69, 9.17) is 5.73 Å². The molecule has 2 rings (SSSR count). The Hall–Kier alpha value is -3.30. The van der Waals surface area contributed by atoms with Crippen molar-refractivity contribution in [1.82, 2.24) is 9.55 Å². The van der Waals surface area contributed by atoms with E-state index >= 15 is 0 Å². The van der Waals surface area contributed by atoms with Crippen LogP contribution in [0.1, 0.15) is 5.56 Å². The van der Waals surface area contributed by atoms with Crippen LogP contribution < -0.4 is 11.4 Å². The molecule has 0 aliphatic carbocycles. The van der Waals surface area contributed by atoms with E-state index < -0.39 is 15.5 Å². The number of benzene rings is 1. The zero-order valence-corrected chi connectivity index (χ0v) is 10.5. The molecule has 0 bridgehead atoms. The summed E-state index contributed by atoms with van der Waals surface area (Å²) < 4.78 is 0.966. The van der Waals surface area contributed by atoms with E-state index in [-0.39, 0.29) is 23.6 Å². The molecule has 1 aromatic heterocycles. The quantitative estimate of drug-likeness (QED) is 0.495. The molecule has 2 aromatic rings. The van der Waals surface area contributed by atoms with E-state index in [0.29, 0.717) is 5.56 Å². The lowest BCUT2D eigenvalue weighted by molar-refractivity contribution is -0.385. The number of hydrogen-bond acceptors (Lipinski definition) is 7. The summed E-state index contributed by atoms with van der Waals surface area (Å²) in [6.07, 6.45) is 1.85. The highest BCUT2D eigenvalue weighted by Gasteiger charge is 2.13. The predicted octanol–water partition coefficient (Wildman–Crippen LogP) is 0.690. The molecule has 0 saturated carbocycles. The Morgan fingerprint density at radius 1 is 1.19 bits per heavy atom. The fraction of sp³-hybridized carbons (Fsp3) is 0.0909. The summed E-state index contributed by atoms with van der Waals surface area (Å²) in [4.78, 5) is 35.0. The lowest BCUT2D eigenvalue weighted by Gasteiger charge is -2.07. The fourth-order valence-electron chi connectivity index (χ4n) is 1.68. The van der Waals surface area contributed by atoms with Gasteiger partial charge in [0.2, 0.25) is 0 Å². The van der Waals surface area contributed by atoms with E-state index in [2.05, 4.69) is 4.98 Å². The van der Waals surface area contributed by atoms with Gasteiger partial charge in [0.1, 0.15) is 6.20 Å². The monoisotopic (exact) mass is 291 g/mol. The maximum Gasteiger partial charge on any atom is 0.348 e. The molecule has 0 spiro atoms. The van der Waals surface area contributed by atoms with Crippen LogP contribution in [0.2, 0.25) is 0 Å². The summed E-state index contributed by atoms with van der Waals surface area (Å²) in [6.45, 7) is -0.152. The van der Waals surface area contributed by atoms with Crippen LogP contribution in [0.15, 0.2) is 35.4 Å². The Bertz CT molecular complexity index is 785. The second-order valence-electron chi connectivity index (χ2n) is 4.12. The van der Waals surface area contributed by atoms with Crippen LogP contribution in [0.25, 0.3) is 0 Å². The van der Waals surface area contributed by atoms with Gasteiger partial charge < -0.3 is 5.73 Å². The molecule has 10 nitrogen and oxygen atoms in total. The highest BCUT2D eigenvalue weighted by molar-refractivity contribution is 5.52. The van der Waals surface area contributed by atoms with Crippen molar-refractivity contribution < 1.29 is 9.85 Å². The second-order valence-corrected chi connectivity index (χ2v) is 4.12. The van der Waals surface area contributed by atoms with Gasteiger partial charge in [0.25, 0.3) is 5.69 Å². The first-order chi connectivity index (χ1) is 9.88. The topological polar surface area (TPSA) is 147 Å². The summed E-state index contributed by atoms with van der Waals surface area (Å²) in [5.74, 6) is 0. The molecule has 0 unspecified atom stereocenters.